The Bertz CT molecular complexity index is 445. The normalized spacial score (nSPS) is 10.9. The summed E-state index contributed by atoms with van der Waals surface area (Å²) in [5.41, 5.74) is 1.04. The number of aliphatic hydroxyl groups is 1. The summed E-state index contributed by atoms with van der Waals surface area (Å²) in [4.78, 5) is 0.885. The Morgan fingerprint density at radius 1 is 1.31 bits per heavy atom. The highest BCUT2D eigenvalue weighted by molar-refractivity contribution is 7.19. The third kappa shape index (κ3) is 1.41. The summed E-state index contributed by atoms with van der Waals surface area (Å²) in [5.74, 6) is 0.297. The fourth-order valence-electron chi connectivity index (χ4n) is 1.38. The van der Waals surface area contributed by atoms with Crippen LogP contribution in [0.5, 0.6) is 5.75 Å². The average Bonchev–Trinajstić information content (AvgIpc) is 2.47. The molecule has 2 N–H and O–H groups in total. The van der Waals surface area contributed by atoms with Crippen molar-refractivity contribution in [2.75, 3.05) is 0 Å². The fourth-order valence-corrected chi connectivity index (χ4v) is 2.43. The van der Waals surface area contributed by atoms with Crippen LogP contribution in [-0.4, -0.2) is 10.2 Å². The molecule has 3 heteroatoms. The van der Waals surface area contributed by atoms with Gasteiger partial charge in [0, 0.05) is 15.0 Å². The van der Waals surface area contributed by atoms with E-state index < -0.39 is 0 Å². The first-order chi connectivity index (χ1) is 6.20. The van der Waals surface area contributed by atoms with Crippen LogP contribution < -0.4 is 0 Å². The highest BCUT2D eigenvalue weighted by Crippen LogP contribution is 2.33. The summed E-state index contributed by atoms with van der Waals surface area (Å²) < 4.78 is 1.03. The zero-order valence-corrected chi connectivity index (χ0v) is 8.06. The van der Waals surface area contributed by atoms with E-state index in [2.05, 4.69) is 0 Å². The second-order valence-corrected chi connectivity index (χ2v) is 4.24. The van der Waals surface area contributed by atoms with Gasteiger partial charge in [-0.25, -0.2) is 0 Å². The van der Waals surface area contributed by atoms with Crippen molar-refractivity contribution < 1.29 is 10.2 Å². The molecule has 1 aromatic heterocycles. The van der Waals surface area contributed by atoms with Crippen molar-refractivity contribution in [2.45, 2.75) is 13.5 Å². The smallest absolute Gasteiger partial charge is 0.124 e. The predicted octanol–water partition coefficient (Wildman–Crippen LogP) is 2.41. The summed E-state index contributed by atoms with van der Waals surface area (Å²) in [6, 6.07) is 5.57. The van der Waals surface area contributed by atoms with Crippen molar-refractivity contribution >= 4 is 21.4 Å². The monoisotopic (exact) mass is 194 g/mol. The molecule has 13 heavy (non-hydrogen) atoms. The summed E-state index contributed by atoms with van der Waals surface area (Å²) in [6.07, 6.45) is 0. The zero-order chi connectivity index (χ0) is 9.42. The van der Waals surface area contributed by atoms with E-state index in [1.54, 1.807) is 6.07 Å². The lowest BCUT2D eigenvalue weighted by atomic mass is 10.2. The lowest BCUT2D eigenvalue weighted by Crippen LogP contribution is -1.72. The number of fused-ring (bicyclic) bond motifs is 1. The first-order valence-electron chi connectivity index (χ1n) is 4.03. The van der Waals surface area contributed by atoms with Crippen LogP contribution in [0.15, 0.2) is 18.2 Å². The highest BCUT2D eigenvalue weighted by atomic mass is 32.1. The Balaban J connectivity index is 2.75. The molecule has 0 radical (unpaired) electrons. The van der Waals surface area contributed by atoms with E-state index in [1.807, 2.05) is 19.1 Å². The summed E-state index contributed by atoms with van der Waals surface area (Å²) >= 11 is 1.52. The van der Waals surface area contributed by atoms with Crippen molar-refractivity contribution in [2.24, 2.45) is 0 Å². The molecule has 68 valence electrons. The molecule has 0 aliphatic heterocycles. The lowest BCUT2D eigenvalue weighted by Gasteiger charge is -1.96. The number of rotatable bonds is 1. The van der Waals surface area contributed by atoms with E-state index in [-0.39, 0.29) is 6.61 Å². The maximum Gasteiger partial charge on any atom is 0.124 e. The number of thiophene rings is 1. The quantitative estimate of drug-likeness (QED) is 0.731. The number of aliphatic hydroxyl groups excluding tert-OH is 1. The van der Waals surface area contributed by atoms with Crippen LogP contribution in [0.1, 0.15) is 10.4 Å². The molecular formula is C10H10O2S. The molecule has 1 heterocycles. The first kappa shape index (κ1) is 8.53. The number of hydrogen-bond acceptors (Lipinski definition) is 3. The van der Waals surface area contributed by atoms with Crippen molar-refractivity contribution in [1.29, 1.82) is 0 Å². The number of phenolic OH excluding ortho intramolecular Hbond substituents is 1. The van der Waals surface area contributed by atoms with E-state index in [4.69, 9.17) is 5.11 Å². The predicted molar refractivity (Wildman–Crippen MR) is 54.1 cm³/mol. The number of aryl methyl sites for hydroxylation is 1. The van der Waals surface area contributed by atoms with Crippen molar-refractivity contribution in [1.82, 2.24) is 0 Å². The molecule has 0 bridgehead atoms. The summed E-state index contributed by atoms with van der Waals surface area (Å²) in [6.45, 7) is 1.98. The van der Waals surface area contributed by atoms with Crippen molar-refractivity contribution in [3.8, 4) is 5.75 Å². The molecule has 0 aliphatic carbocycles. The second-order valence-electron chi connectivity index (χ2n) is 3.07. The van der Waals surface area contributed by atoms with E-state index in [0.29, 0.717) is 5.75 Å². The van der Waals surface area contributed by atoms with Crippen LogP contribution in [0.4, 0.5) is 0 Å². The third-order valence-corrected chi connectivity index (χ3v) is 3.03. The first-order valence-corrected chi connectivity index (χ1v) is 4.85. The summed E-state index contributed by atoms with van der Waals surface area (Å²) in [5, 5.41) is 19.3. The van der Waals surface area contributed by atoms with Crippen LogP contribution in [0, 0.1) is 6.92 Å². The fraction of sp³-hybridized carbons (Fsp3) is 0.200. The van der Waals surface area contributed by atoms with Gasteiger partial charge in [0.25, 0.3) is 0 Å². The number of aromatic hydroxyl groups is 1. The Labute approximate surface area is 80.1 Å². The lowest BCUT2D eigenvalue weighted by molar-refractivity contribution is 0.285. The van der Waals surface area contributed by atoms with Gasteiger partial charge >= 0.3 is 0 Å². The molecule has 2 nitrogen and oxygen atoms in total. The second kappa shape index (κ2) is 3.01. The average molecular weight is 194 g/mol. The van der Waals surface area contributed by atoms with Crippen LogP contribution >= 0.6 is 11.3 Å². The molecule has 0 atom stereocenters. The van der Waals surface area contributed by atoms with Gasteiger partial charge in [0.1, 0.15) is 5.75 Å². The zero-order valence-electron chi connectivity index (χ0n) is 7.24. The van der Waals surface area contributed by atoms with E-state index >= 15 is 0 Å². The molecule has 0 saturated heterocycles. The van der Waals surface area contributed by atoms with Gasteiger partial charge in [-0.15, -0.1) is 11.3 Å². The van der Waals surface area contributed by atoms with Crippen LogP contribution in [-0.2, 0) is 6.61 Å². The maximum absolute atomic E-state index is 9.59. The minimum atomic E-state index is 0.0395. The SMILES string of the molecule is Cc1cc(O)c2cc(CO)sc2c1. The summed E-state index contributed by atoms with van der Waals surface area (Å²) in [7, 11) is 0. The number of hydrogen-bond donors (Lipinski definition) is 2. The van der Waals surface area contributed by atoms with E-state index in [0.717, 1.165) is 20.5 Å². The minimum absolute atomic E-state index is 0.0395. The minimum Gasteiger partial charge on any atom is -0.507 e. The Kier molecular flexibility index (Phi) is 1.98. The number of benzene rings is 1. The van der Waals surface area contributed by atoms with Gasteiger partial charge in [0.2, 0.25) is 0 Å². The van der Waals surface area contributed by atoms with Crippen molar-refractivity contribution in [3.63, 3.8) is 0 Å². The molecule has 0 fully saturated rings. The molecule has 2 aromatic rings. The van der Waals surface area contributed by atoms with Gasteiger partial charge in [-0.2, -0.15) is 0 Å². The molecular weight excluding hydrogens is 184 g/mol. The largest absolute Gasteiger partial charge is 0.507 e. The molecule has 0 spiro atoms. The van der Waals surface area contributed by atoms with Gasteiger partial charge in [0.05, 0.1) is 6.61 Å². The van der Waals surface area contributed by atoms with Crippen LogP contribution in [0.2, 0.25) is 0 Å². The Morgan fingerprint density at radius 3 is 2.77 bits per heavy atom. The molecule has 0 saturated carbocycles. The van der Waals surface area contributed by atoms with Crippen molar-refractivity contribution in [3.05, 3.63) is 28.6 Å². The third-order valence-electron chi connectivity index (χ3n) is 1.97. The molecule has 0 aliphatic rings. The highest BCUT2D eigenvalue weighted by Gasteiger charge is 2.05. The van der Waals surface area contributed by atoms with Gasteiger partial charge in [0.15, 0.2) is 0 Å². The molecule has 1 aromatic carbocycles. The topological polar surface area (TPSA) is 40.5 Å². The number of phenols is 1. The van der Waals surface area contributed by atoms with Gasteiger partial charge < -0.3 is 10.2 Å². The van der Waals surface area contributed by atoms with E-state index in [9.17, 15) is 5.11 Å². The maximum atomic E-state index is 9.59. The Hall–Kier alpha value is -1.06. The molecule has 0 unspecified atom stereocenters. The van der Waals surface area contributed by atoms with E-state index in [1.165, 1.54) is 11.3 Å². The molecule has 0 amide bonds. The van der Waals surface area contributed by atoms with Gasteiger partial charge in [-0.05, 0) is 30.7 Å². The molecule has 2 rings (SSSR count). The van der Waals surface area contributed by atoms with Gasteiger partial charge in [-0.3, -0.25) is 0 Å². The standard InChI is InChI=1S/C10H10O2S/c1-6-2-9(12)8-4-7(5-11)13-10(8)3-6/h2-4,11-12H,5H2,1H3. The van der Waals surface area contributed by atoms with Gasteiger partial charge in [-0.1, -0.05) is 0 Å². The van der Waals surface area contributed by atoms with Crippen LogP contribution in [0.25, 0.3) is 10.1 Å². The van der Waals surface area contributed by atoms with Crippen LogP contribution in [0.3, 0.4) is 0 Å². The Morgan fingerprint density at radius 2 is 2.08 bits per heavy atom.